The number of hydrogen-bond acceptors (Lipinski definition) is 2. The summed E-state index contributed by atoms with van der Waals surface area (Å²) < 4.78 is 14.9. The van der Waals surface area contributed by atoms with E-state index in [4.69, 9.17) is 0 Å². The highest BCUT2D eigenvalue weighted by molar-refractivity contribution is 9.11. The zero-order chi connectivity index (χ0) is 14.0. The lowest BCUT2D eigenvalue weighted by molar-refractivity contribution is 0.0784. The van der Waals surface area contributed by atoms with E-state index in [0.29, 0.717) is 16.6 Å². The van der Waals surface area contributed by atoms with Crippen LogP contribution in [0.5, 0.6) is 0 Å². The minimum absolute atomic E-state index is 0.206. The molecule has 1 aromatic heterocycles. The first-order valence-electron chi connectivity index (χ1n) is 5.40. The summed E-state index contributed by atoms with van der Waals surface area (Å²) in [6.07, 6.45) is 0. The van der Waals surface area contributed by atoms with Crippen molar-refractivity contribution in [1.29, 1.82) is 0 Å². The Morgan fingerprint density at radius 1 is 1.32 bits per heavy atom. The Labute approximate surface area is 131 Å². The monoisotopic (exact) mass is 405 g/mol. The van der Waals surface area contributed by atoms with Crippen LogP contribution in [-0.2, 0) is 6.54 Å². The van der Waals surface area contributed by atoms with E-state index in [9.17, 15) is 9.18 Å². The van der Waals surface area contributed by atoms with E-state index in [2.05, 4.69) is 31.9 Å². The quantitative estimate of drug-likeness (QED) is 0.724. The molecule has 1 amide bonds. The molecule has 19 heavy (non-hydrogen) atoms. The maximum atomic E-state index is 13.3. The molecule has 1 aromatic carbocycles. The van der Waals surface area contributed by atoms with Crippen molar-refractivity contribution < 1.29 is 9.18 Å². The largest absolute Gasteiger partial charge is 0.337 e. The van der Waals surface area contributed by atoms with Crippen molar-refractivity contribution in [3.8, 4) is 0 Å². The van der Waals surface area contributed by atoms with Crippen molar-refractivity contribution in [3.63, 3.8) is 0 Å². The van der Waals surface area contributed by atoms with Gasteiger partial charge in [0, 0.05) is 23.6 Å². The van der Waals surface area contributed by atoms with Crippen LogP contribution in [0.3, 0.4) is 0 Å². The van der Waals surface area contributed by atoms with Crippen molar-refractivity contribution >= 4 is 49.1 Å². The second-order valence-corrected chi connectivity index (χ2v) is 7.28. The predicted molar refractivity (Wildman–Crippen MR) is 81.9 cm³/mol. The van der Waals surface area contributed by atoms with Gasteiger partial charge in [-0.1, -0.05) is 15.9 Å². The first-order valence-corrected chi connectivity index (χ1v) is 7.87. The lowest BCUT2D eigenvalue weighted by Gasteiger charge is -2.16. The summed E-state index contributed by atoms with van der Waals surface area (Å²) in [4.78, 5) is 13.8. The third kappa shape index (κ3) is 3.87. The molecular formula is C13H10Br2FNOS. The Morgan fingerprint density at radius 2 is 2.05 bits per heavy atom. The number of thiophene rings is 1. The number of benzene rings is 1. The fraction of sp³-hybridized carbons (Fsp3) is 0.154. The van der Waals surface area contributed by atoms with Crippen molar-refractivity contribution in [2.45, 2.75) is 6.54 Å². The molecule has 100 valence electrons. The highest BCUT2D eigenvalue weighted by Gasteiger charge is 2.14. The number of nitrogens with zero attached hydrogens (tertiary/aromatic N) is 1. The molecule has 0 saturated heterocycles. The van der Waals surface area contributed by atoms with Gasteiger partial charge >= 0.3 is 0 Å². The molecular weight excluding hydrogens is 397 g/mol. The van der Waals surface area contributed by atoms with E-state index in [-0.39, 0.29) is 5.91 Å². The molecule has 0 bridgehead atoms. The third-order valence-corrected chi connectivity index (χ3v) is 4.51. The number of amides is 1. The highest BCUT2D eigenvalue weighted by atomic mass is 79.9. The van der Waals surface area contributed by atoms with Crippen LogP contribution in [0.4, 0.5) is 4.39 Å². The lowest BCUT2D eigenvalue weighted by Crippen LogP contribution is -2.26. The van der Waals surface area contributed by atoms with E-state index in [1.807, 2.05) is 11.4 Å². The Hall–Kier alpha value is -0.720. The first kappa shape index (κ1) is 14.7. The average Bonchev–Trinajstić information content (AvgIpc) is 2.72. The predicted octanol–water partition coefficient (Wildman–Crippen LogP) is 4.68. The van der Waals surface area contributed by atoms with Crippen LogP contribution in [0.15, 0.2) is 37.9 Å². The van der Waals surface area contributed by atoms with Gasteiger partial charge in [0.05, 0.1) is 3.79 Å². The fourth-order valence-electron chi connectivity index (χ4n) is 1.67. The summed E-state index contributed by atoms with van der Waals surface area (Å²) in [5.41, 5.74) is 1.38. The first-order chi connectivity index (χ1) is 8.95. The summed E-state index contributed by atoms with van der Waals surface area (Å²) in [6, 6.07) is 6.15. The summed E-state index contributed by atoms with van der Waals surface area (Å²) >= 11 is 8.14. The normalized spacial score (nSPS) is 10.5. The molecule has 0 aliphatic carbocycles. The van der Waals surface area contributed by atoms with Gasteiger partial charge in [0.25, 0.3) is 5.91 Å². The number of halogens is 3. The minimum atomic E-state index is -0.426. The molecule has 0 radical (unpaired) electrons. The van der Waals surface area contributed by atoms with Gasteiger partial charge in [-0.25, -0.2) is 4.39 Å². The van der Waals surface area contributed by atoms with Crippen LogP contribution < -0.4 is 0 Å². The van der Waals surface area contributed by atoms with Gasteiger partial charge in [0.1, 0.15) is 5.82 Å². The van der Waals surface area contributed by atoms with E-state index in [1.54, 1.807) is 29.4 Å². The molecule has 2 rings (SSSR count). The molecule has 6 heteroatoms. The van der Waals surface area contributed by atoms with E-state index in [1.165, 1.54) is 12.1 Å². The summed E-state index contributed by atoms with van der Waals surface area (Å²) in [5.74, 6) is -0.632. The minimum Gasteiger partial charge on any atom is -0.337 e. The zero-order valence-corrected chi connectivity index (χ0v) is 14.0. The molecule has 2 nitrogen and oxygen atoms in total. The van der Waals surface area contributed by atoms with Crippen LogP contribution in [-0.4, -0.2) is 17.9 Å². The van der Waals surface area contributed by atoms with Gasteiger partial charge < -0.3 is 4.90 Å². The Bertz CT molecular complexity index is 594. The van der Waals surface area contributed by atoms with Crippen molar-refractivity contribution in [2.24, 2.45) is 0 Å². The summed E-state index contributed by atoms with van der Waals surface area (Å²) in [7, 11) is 1.70. The second kappa shape index (κ2) is 6.15. The summed E-state index contributed by atoms with van der Waals surface area (Å²) in [5, 5.41) is 1.98. The van der Waals surface area contributed by atoms with Crippen molar-refractivity contribution in [2.75, 3.05) is 7.05 Å². The molecule has 0 aliphatic heterocycles. The number of carbonyl (C=O) groups excluding carboxylic acids is 1. The van der Waals surface area contributed by atoms with E-state index >= 15 is 0 Å². The molecule has 0 atom stereocenters. The molecule has 0 aliphatic rings. The third-order valence-electron chi connectivity index (χ3n) is 2.50. The van der Waals surface area contributed by atoms with Crippen LogP contribution in [0.25, 0.3) is 0 Å². The zero-order valence-electron chi connectivity index (χ0n) is 9.99. The van der Waals surface area contributed by atoms with Gasteiger partial charge in [-0.15, -0.1) is 11.3 Å². The highest BCUT2D eigenvalue weighted by Crippen LogP contribution is 2.22. The molecule has 0 spiro atoms. The van der Waals surface area contributed by atoms with Crippen LogP contribution in [0.2, 0.25) is 0 Å². The fourth-order valence-corrected chi connectivity index (χ4v) is 3.34. The van der Waals surface area contributed by atoms with Gasteiger partial charge in [0.2, 0.25) is 0 Å². The maximum absolute atomic E-state index is 13.3. The molecule has 1 heterocycles. The summed E-state index contributed by atoms with van der Waals surface area (Å²) in [6.45, 7) is 0.495. The van der Waals surface area contributed by atoms with Gasteiger partial charge in [-0.2, -0.15) is 0 Å². The average molecular weight is 407 g/mol. The van der Waals surface area contributed by atoms with E-state index < -0.39 is 5.82 Å². The van der Waals surface area contributed by atoms with Gasteiger partial charge in [0.15, 0.2) is 0 Å². The molecule has 0 unspecified atom stereocenters. The smallest absolute Gasteiger partial charge is 0.254 e. The SMILES string of the molecule is CN(Cc1csc(Br)c1)C(=O)c1cc(F)cc(Br)c1. The standard InChI is InChI=1S/C13H10Br2FNOS/c1-17(6-8-2-12(15)19-7-8)13(18)9-3-10(14)5-11(16)4-9/h2-5,7H,6H2,1H3. The topological polar surface area (TPSA) is 20.3 Å². The van der Waals surface area contributed by atoms with Crippen LogP contribution in [0, 0.1) is 5.82 Å². The van der Waals surface area contributed by atoms with Crippen LogP contribution >= 0.6 is 43.2 Å². The molecule has 0 N–H and O–H groups in total. The van der Waals surface area contributed by atoms with Crippen molar-refractivity contribution in [1.82, 2.24) is 4.90 Å². The van der Waals surface area contributed by atoms with Gasteiger partial charge in [-0.05, 0) is 51.1 Å². The number of rotatable bonds is 3. The lowest BCUT2D eigenvalue weighted by atomic mass is 10.2. The van der Waals surface area contributed by atoms with Gasteiger partial charge in [-0.3, -0.25) is 4.79 Å². The molecule has 2 aromatic rings. The maximum Gasteiger partial charge on any atom is 0.254 e. The van der Waals surface area contributed by atoms with Crippen molar-refractivity contribution in [3.05, 3.63) is 54.8 Å². The Balaban J connectivity index is 2.14. The molecule has 0 fully saturated rings. The van der Waals surface area contributed by atoms with E-state index in [0.717, 1.165) is 9.35 Å². The number of carbonyl (C=O) groups is 1. The Kier molecular flexibility index (Phi) is 4.76. The second-order valence-electron chi connectivity index (χ2n) is 4.08. The molecule has 0 saturated carbocycles. The Morgan fingerprint density at radius 3 is 2.63 bits per heavy atom. The van der Waals surface area contributed by atoms with Crippen LogP contribution in [0.1, 0.15) is 15.9 Å². The number of hydrogen-bond donors (Lipinski definition) is 0.